The van der Waals surface area contributed by atoms with Crippen molar-refractivity contribution in [1.82, 2.24) is 4.90 Å². The summed E-state index contributed by atoms with van der Waals surface area (Å²) < 4.78 is 0.614. The zero-order chi connectivity index (χ0) is 15.7. The van der Waals surface area contributed by atoms with E-state index in [1.165, 1.54) is 23.5 Å². The van der Waals surface area contributed by atoms with Gasteiger partial charge in [0.1, 0.15) is 0 Å². The topological polar surface area (TPSA) is 20.3 Å². The molecule has 1 aromatic carbocycles. The average molecular weight is 336 g/mol. The van der Waals surface area contributed by atoms with Gasteiger partial charge in [0, 0.05) is 19.5 Å². The van der Waals surface area contributed by atoms with Crippen molar-refractivity contribution in [2.75, 3.05) is 18.6 Å². The number of hydrogen-bond donors (Lipinski definition) is 0. The van der Waals surface area contributed by atoms with E-state index in [4.69, 9.17) is 0 Å². The van der Waals surface area contributed by atoms with E-state index in [1.54, 1.807) is 0 Å². The number of nitrogens with zero attached hydrogens (tertiary/aromatic N) is 1. The van der Waals surface area contributed by atoms with Gasteiger partial charge in [0.25, 0.3) is 0 Å². The fourth-order valence-electron chi connectivity index (χ4n) is 3.54. The molecule has 2 nitrogen and oxygen atoms in total. The normalized spacial score (nSPS) is 27.4. The van der Waals surface area contributed by atoms with Crippen LogP contribution >= 0.6 is 23.5 Å². The fourth-order valence-corrected chi connectivity index (χ4v) is 7.21. The van der Waals surface area contributed by atoms with Crippen molar-refractivity contribution in [3.63, 3.8) is 0 Å². The molecule has 1 saturated heterocycles. The molecule has 1 aromatic rings. The van der Waals surface area contributed by atoms with Crippen molar-refractivity contribution < 1.29 is 4.79 Å². The Labute approximate surface area is 142 Å². The SMILES string of the molecule is CN(Cc1ccccc1)C(=O)[C@@H]1[C@H](C2SCCCS2)C1(C)C. The first kappa shape index (κ1) is 16.3. The van der Waals surface area contributed by atoms with Crippen LogP contribution in [0, 0.1) is 17.3 Å². The molecule has 1 aliphatic carbocycles. The molecule has 0 bridgehead atoms. The van der Waals surface area contributed by atoms with Gasteiger partial charge in [-0.3, -0.25) is 4.79 Å². The van der Waals surface area contributed by atoms with Gasteiger partial charge in [-0.05, 0) is 34.8 Å². The highest BCUT2D eigenvalue weighted by molar-refractivity contribution is 8.17. The van der Waals surface area contributed by atoms with Gasteiger partial charge in [-0.25, -0.2) is 0 Å². The van der Waals surface area contributed by atoms with Crippen LogP contribution in [-0.2, 0) is 11.3 Å². The molecular weight excluding hydrogens is 310 g/mol. The third-order valence-electron chi connectivity index (χ3n) is 4.96. The van der Waals surface area contributed by atoms with Crippen LogP contribution < -0.4 is 0 Å². The molecule has 2 aliphatic rings. The van der Waals surface area contributed by atoms with E-state index in [-0.39, 0.29) is 11.3 Å². The molecule has 2 atom stereocenters. The van der Waals surface area contributed by atoms with Gasteiger partial charge in [-0.15, -0.1) is 23.5 Å². The number of benzene rings is 1. The summed E-state index contributed by atoms with van der Waals surface area (Å²) in [6.07, 6.45) is 1.31. The smallest absolute Gasteiger partial charge is 0.226 e. The summed E-state index contributed by atoms with van der Waals surface area (Å²) in [5.74, 6) is 3.57. The first-order valence-corrected chi connectivity index (χ1v) is 10.1. The Kier molecular flexibility index (Phi) is 4.79. The van der Waals surface area contributed by atoms with Gasteiger partial charge in [0.2, 0.25) is 5.91 Å². The van der Waals surface area contributed by atoms with E-state index in [0.29, 0.717) is 23.0 Å². The number of carbonyl (C=O) groups is 1. The Bertz CT molecular complexity index is 525. The summed E-state index contributed by atoms with van der Waals surface area (Å²) in [6, 6.07) is 10.3. The Morgan fingerprint density at radius 2 is 1.86 bits per heavy atom. The van der Waals surface area contributed by atoms with Gasteiger partial charge in [0.05, 0.1) is 4.58 Å². The van der Waals surface area contributed by atoms with Crippen LogP contribution in [-0.4, -0.2) is 33.9 Å². The lowest BCUT2D eigenvalue weighted by Crippen LogP contribution is -2.29. The first-order valence-electron chi connectivity index (χ1n) is 8.04. The van der Waals surface area contributed by atoms with E-state index in [2.05, 4.69) is 49.5 Å². The van der Waals surface area contributed by atoms with Crippen molar-refractivity contribution >= 4 is 29.4 Å². The lowest BCUT2D eigenvalue weighted by atomic mass is 10.1. The van der Waals surface area contributed by atoms with E-state index in [1.807, 2.05) is 30.1 Å². The highest BCUT2D eigenvalue weighted by Crippen LogP contribution is 2.65. The summed E-state index contributed by atoms with van der Waals surface area (Å²) in [7, 11) is 1.95. The van der Waals surface area contributed by atoms with E-state index in [0.717, 1.165) is 0 Å². The van der Waals surface area contributed by atoms with Crippen LogP contribution in [0.2, 0.25) is 0 Å². The third kappa shape index (κ3) is 3.18. The van der Waals surface area contributed by atoms with Crippen LogP contribution in [0.3, 0.4) is 0 Å². The molecule has 0 radical (unpaired) electrons. The predicted molar refractivity (Wildman–Crippen MR) is 97.0 cm³/mol. The lowest BCUT2D eigenvalue weighted by Gasteiger charge is -2.22. The van der Waals surface area contributed by atoms with E-state index < -0.39 is 0 Å². The highest BCUT2D eigenvalue weighted by Gasteiger charge is 2.65. The van der Waals surface area contributed by atoms with Crippen molar-refractivity contribution in [3.05, 3.63) is 35.9 Å². The number of amides is 1. The summed E-state index contributed by atoms with van der Waals surface area (Å²) in [6.45, 7) is 5.25. The number of carbonyl (C=O) groups excluding carboxylic acids is 1. The van der Waals surface area contributed by atoms with Gasteiger partial charge < -0.3 is 4.90 Å². The number of hydrogen-bond acceptors (Lipinski definition) is 3. The summed E-state index contributed by atoms with van der Waals surface area (Å²) in [4.78, 5) is 14.8. The minimum atomic E-state index is 0.157. The van der Waals surface area contributed by atoms with E-state index in [9.17, 15) is 4.79 Å². The molecule has 4 heteroatoms. The molecule has 0 unspecified atom stereocenters. The quantitative estimate of drug-likeness (QED) is 0.826. The second-order valence-corrected chi connectivity index (χ2v) is 9.77. The largest absolute Gasteiger partial charge is 0.341 e. The fraction of sp³-hybridized carbons (Fsp3) is 0.611. The molecule has 0 N–H and O–H groups in total. The molecule has 120 valence electrons. The van der Waals surface area contributed by atoms with Gasteiger partial charge in [-0.2, -0.15) is 0 Å². The van der Waals surface area contributed by atoms with Crippen molar-refractivity contribution in [2.45, 2.75) is 31.4 Å². The monoisotopic (exact) mass is 335 g/mol. The van der Waals surface area contributed by atoms with Crippen LogP contribution in [0.4, 0.5) is 0 Å². The van der Waals surface area contributed by atoms with Crippen molar-refractivity contribution in [1.29, 1.82) is 0 Å². The van der Waals surface area contributed by atoms with Gasteiger partial charge in [0.15, 0.2) is 0 Å². The van der Waals surface area contributed by atoms with Gasteiger partial charge >= 0.3 is 0 Å². The Hall–Kier alpha value is -0.610. The number of thioether (sulfide) groups is 2. The predicted octanol–water partition coefficient (Wildman–Crippen LogP) is 4.11. The molecule has 0 spiro atoms. The maximum atomic E-state index is 12.9. The third-order valence-corrected chi connectivity index (χ3v) is 8.07. The van der Waals surface area contributed by atoms with Crippen LogP contribution in [0.15, 0.2) is 30.3 Å². The van der Waals surface area contributed by atoms with Gasteiger partial charge in [-0.1, -0.05) is 44.2 Å². The van der Waals surface area contributed by atoms with Crippen LogP contribution in [0.25, 0.3) is 0 Å². The zero-order valence-corrected chi connectivity index (χ0v) is 15.3. The molecule has 1 amide bonds. The Morgan fingerprint density at radius 3 is 2.50 bits per heavy atom. The molecule has 22 heavy (non-hydrogen) atoms. The molecule has 2 fully saturated rings. The van der Waals surface area contributed by atoms with Crippen molar-refractivity contribution in [2.24, 2.45) is 17.3 Å². The second kappa shape index (κ2) is 6.48. The zero-order valence-electron chi connectivity index (χ0n) is 13.6. The molecule has 1 saturated carbocycles. The second-order valence-electron chi connectivity index (χ2n) is 6.97. The Balaban J connectivity index is 1.64. The summed E-state index contributed by atoms with van der Waals surface area (Å²) >= 11 is 4.13. The minimum absolute atomic E-state index is 0.157. The molecule has 3 rings (SSSR count). The van der Waals surface area contributed by atoms with Crippen LogP contribution in [0.1, 0.15) is 25.8 Å². The molecule has 1 heterocycles. The summed E-state index contributed by atoms with van der Waals surface area (Å²) in [5.41, 5.74) is 1.36. The summed E-state index contributed by atoms with van der Waals surface area (Å²) in [5, 5.41) is 0. The van der Waals surface area contributed by atoms with E-state index >= 15 is 0 Å². The average Bonchev–Trinajstić information content (AvgIpc) is 3.10. The first-order chi connectivity index (χ1) is 10.5. The minimum Gasteiger partial charge on any atom is -0.341 e. The lowest BCUT2D eigenvalue weighted by molar-refractivity contribution is -0.132. The number of rotatable bonds is 4. The highest BCUT2D eigenvalue weighted by atomic mass is 32.2. The van der Waals surface area contributed by atoms with Crippen molar-refractivity contribution in [3.8, 4) is 0 Å². The molecular formula is C18H25NOS2. The standard InChI is InChI=1S/C18H25NOS2/c1-18(2)14(15(18)17-21-10-7-11-22-17)16(20)19(3)12-13-8-5-4-6-9-13/h4-6,8-9,14-15,17H,7,10-12H2,1-3H3/t14-,15+/m0/s1. The molecule has 1 aliphatic heterocycles. The Morgan fingerprint density at radius 1 is 1.23 bits per heavy atom. The van der Waals surface area contributed by atoms with Crippen LogP contribution in [0.5, 0.6) is 0 Å². The maximum absolute atomic E-state index is 12.9. The maximum Gasteiger partial charge on any atom is 0.226 e. The molecule has 0 aromatic heterocycles.